The highest BCUT2D eigenvalue weighted by Gasteiger charge is 2.40. The first-order valence-corrected chi connectivity index (χ1v) is 8.70. The van der Waals surface area contributed by atoms with Crippen molar-refractivity contribution in [1.29, 1.82) is 0 Å². The Morgan fingerprint density at radius 1 is 0.947 bits per heavy atom. The number of hydrogen-bond acceptors (Lipinski definition) is 2. The van der Waals surface area contributed by atoms with Crippen LogP contribution >= 0.6 is 0 Å². The minimum Gasteiger partial charge on any atom is -0.326 e. The molecule has 3 saturated carbocycles. The lowest BCUT2D eigenvalue weighted by molar-refractivity contribution is 0.137. The predicted octanol–water partition coefficient (Wildman–Crippen LogP) is 3.40. The number of rotatable bonds is 3. The van der Waals surface area contributed by atoms with Crippen LogP contribution in [0.4, 0.5) is 0 Å². The molecule has 0 aromatic rings. The third-order valence-corrected chi connectivity index (χ3v) is 6.25. The SMILES string of the molecule is CN(CC1CC2CCC1C2)C1CCCCCCC1N. The van der Waals surface area contributed by atoms with Crippen LogP contribution in [0.5, 0.6) is 0 Å². The van der Waals surface area contributed by atoms with Crippen molar-refractivity contribution >= 4 is 0 Å². The van der Waals surface area contributed by atoms with Crippen LogP contribution in [0.2, 0.25) is 0 Å². The van der Waals surface area contributed by atoms with E-state index in [0.29, 0.717) is 12.1 Å². The molecule has 2 bridgehead atoms. The smallest absolute Gasteiger partial charge is 0.0244 e. The summed E-state index contributed by atoms with van der Waals surface area (Å²) in [7, 11) is 2.35. The number of likely N-dealkylation sites (N-methyl/N-ethyl adjacent to an activating group) is 1. The summed E-state index contributed by atoms with van der Waals surface area (Å²) in [6.45, 7) is 1.32. The Bertz CT molecular complexity index is 291. The Kier molecular flexibility index (Phi) is 4.48. The number of nitrogens with zero attached hydrogens (tertiary/aromatic N) is 1. The molecule has 0 aliphatic heterocycles. The molecule has 2 heteroatoms. The van der Waals surface area contributed by atoms with Crippen molar-refractivity contribution in [3.8, 4) is 0 Å². The van der Waals surface area contributed by atoms with Gasteiger partial charge in [0.15, 0.2) is 0 Å². The average molecular weight is 264 g/mol. The van der Waals surface area contributed by atoms with Crippen LogP contribution in [-0.4, -0.2) is 30.6 Å². The van der Waals surface area contributed by atoms with Gasteiger partial charge in [-0.2, -0.15) is 0 Å². The van der Waals surface area contributed by atoms with E-state index in [2.05, 4.69) is 11.9 Å². The van der Waals surface area contributed by atoms with Gasteiger partial charge < -0.3 is 10.6 Å². The first-order valence-electron chi connectivity index (χ1n) is 8.70. The van der Waals surface area contributed by atoms with Gasteiger partial charge in [0.2, 0.25) is 0 Å². The van der Waals surface area contributed by atoms with Crippen molar-refractivity contribution in [2.24, 2.45) is 23.5 Å². The van der Waals surface area contributed by atoms with Crippen molar-refractivity contribution < 1.29 is 0 Å². The van der Waals surface area contributed by atoms with Gasteiger partial charge in [-0.05, 0) is 56.9 Å². The van der Waals surface area contributed by atoms with Gasteiger partial charge in [-0.3, -0.25) is 0 Å². The van der Waals surface area contributed by atoms with Crippen molar-refractivity contribution in [2.75, 3.05) is 13.6 Å². The third kappa shape index (κ3) is 3.16. The topological polar surface area (TPSA) is 29.3 Å². The van der Waals surface area contributed by atoms with E-state index < -0.39 is 0 Å². The van der Waals surface area contributed by atoms with Crippen molar-refractivity contribution in [3.63, 3.8) is 0 Å². The maximum atomic E-state index is 6.46. The van der Waals surface area contributed by atoms with Gasteiger partial charge in [0, 0.05) is 18.6 Å². The molecule has 19 heavy (non-hydrogen) atoms. The van der Waals surface area contributed by atoms with Crippen LogP contribution in [0.25, 0.3) is 0 Å². The highest BCUT2D eigenvalue weighted by atomic mass is 15.1. The highest BCUT2D eigenvalue weighted by molar-refractivity contribution is 4.92. The standard InChI is InChI=1S/C17H32N2/c1-19(12-15-11-13-8-9-14(15)10-13)17-7-5-3-2-4-6-16(17)18/h13-17H,2-12,18H2,1H3. The molecule has 3 aliphatic carbocycles. The maximum absolute atomic E-state index is 6.46. The Balaban J connectivity index is 1.54. The number of hydrogen-bond donors (Lipinski definition) is 1. The molecule has 0 saturated heterocycles. The fourth-order valence-electron chi connectivity index (χ4n) is 5.15. The third-order valence-electron chi connectivity index (χ3n) is 6.25. The number of nitrogens with two attached hydrogens (primary N) is 1. The van der Waals surface area contributed by atoms with E-state index in [4.69, 9.17) is 5.73 Å². The van der Waals surface area contributed by atoms with E-state index in [1.54, 1.807) is 0 Å². The van der Waals surface area contributed by atoms with Gasteiger partial charge in [-0.25, -0.2) is 0 Å². The van der Waals surface area contributed by atoms with Gasteiger partial charge in [0.1, 0.15) is 0 Å². The van der Waals surface area contributed by atoms with E-state index in [-0.39, 0.29) is 0 Å². The van der Waals surface area contributed by atoms with E-state index in [1.165, 1.54) is 70.8 Å². The van der Waals surface area contributed by atoms with Gasteiger partial charge in [0.05, 0.1) is 0 Å². The summed E-state index contributed by atoms with van der Waals surface area (Å²) < 4.78 is 0. The molecular formula is C17H32N2. The lowest BCUT2D eigenvalue weighted by atomic mass is 9.86. The molecule has 0 aromatic heterocycles. The van der Waals surface area contributed by atoms with E-state index in [1.807, 2.05) is 0 Å². The summed E-state index contributed by atoms with van der Waals surface area (Å²) in [5.41, 5.74) is 6.46. The Labute approximate surface area is 119 Å². The molecule has 0 amide bonds. The normalized spacial score (nSPS) is 43.4. The number of fused-ring (bicyclic) bond motifs is 2. The first-order chi connectivity index (χ1) is 9.24. The summed E-state index contributed by atoms with van der Waals surface area (Å²) in [6.07, 6.45) is 14.2. The van der Waals surface area contributed by atoms with E-state index in [9.17, 15) is 0 Å². The monoisotopic (exact) mass is 264 g/mol. The van der Waals surface area contributed by atoms with E-state index >= 15 is 0 Å². The molecular weight excluding hydrogens is 232 g/mol. The molecule has 0 aromatic carbocycles. The Hall–Kier alpha value is -0.0800. The molecule has 5 unspecified atom stereocenters. The molecule has 0 heterocycles. The fourth-order valence-corrected chi connectivity index (χ4v) is 5.15. The lowest BCUT2D eigenvalue weighted by Gasteiger charge is -2.37. The summed E-state index contributed by atoms with van der Waals surface area (Å²) >= 11 is 0. The summed E-state index contributed by atoms with van der Waals surface area (Å²) in [6, 6.07) is 1.07. The van der Waals surface area contributed by atoms with Crippen molar-refractivity contribution in [2.45, 2.75) is 76.3 Å². The second-order valence-electron chi connectivity index (χ2n) is 7.60. The zero-order valence-corrected chi connectivity index (χ0v) is 12.7. The summed E-state index contributed by atoms with van der Waals surface area (Å²) in [5.74, 6) is 3.12. The Morgan fingerprint density at radius 2 is 1.74 bits per heavy atom. The van der Waals surface area contributed by atoms with Crippen molar-refractivity contribution in [3.05, 3.63) is 0 Å². The molecule has 0 spiro atoms. The summed E-state index contributed by atoms with van der Waals surface area (Å²) in [5, 5.41) is 0. The van der Waals surface area contributed by atoms with Crippen LogP contribution < -0.4 is 5.73 Å². The quantitative estimate of drug-likeness (QED) is 0.846. The van der Waals surface area contributed by atoms with Gasteiger partial charge >= 0.3 is 0 Å². The van der Waals surface area contributed by atoms with Gasteiger partial charge in [-0.15, -0.1) is 0 Å². The van der Waals surface area contributed by atoms with Crippen LogP contribution in [0.3, 0.4) is 0 Å². The summed E-state index contributed by atoms with van der Waals surface area (Å²) in [4.78, 5) is 2.64. The van der Waals surface area contributed by atoms with Crippen molar-refractivity contribution in [1.82, 2.24) is 4.90 Å². The van der Waals surface area contributed by atoms with Crippen LogP contribution in [-0.2, 0) is 0 Å². The van der Waals surface area contributed by atoms with Crippen LogP contribution in [0, 0.1) is 17.8 Å². The molecule has 110 valence electrons. The van der Waals surface area contributed by atoms with Crippen LogP contribution in [0.15, 0.2) is 0 Å². The average Bonchev–Trinajstić information content (AvgIpc) is 2.96. The molecule has 2 nitrogen and oxygen atoms in total. The molecule has 3 rings (SSSR count). The predicted molar refractivity (Wildman–Crippen MR) is 81.0 cm³/mol. The largest absolute Gasteiger partial charge is 0.326 e. The lowest BCUT2D eigenvalue weighted by Crippen LogP contribution is -2.48. The fraction of sp³-hybridized carbons (Fsp3) is 1.00. The van der Waals surface area contributed by atoms with Gasteiger partial charge in [0.25, 0.3) is 0 Å². The second-order valence-corrected chi connectivity index (χ2v) is 7.60. The Morgan fingerprint density at radius 3 is 2.42 bits per heavy atom. The molecule has 3 aliphatic rings. The van der Waals surface area contributed by atoms with Crippen LogP contribution in [0.1, 0.15) is 64.2 Å². The zero-order valence-electron chi connectivity index (χ0n) is 12.7. The molecule has 5 atom stereocenters. The minimum atomic E-state index is 0.420. The van der Waals surface area contributed by atoms with E-state index in [0.717, 1.165) is 17.8 Å². The second kappa shape index (κ2) is 6.13. The zero-order chi connectivity index (χ0) is 13.2. The highest BCUT2D eigenvalue weighted by Crippen LogP contribution is 2.48. The molecule has 2 N–H and O–H groups in total. The molecule has 3 fully saturated rings. The van der Waals surface area contributed by atoms with Gasteiger partial charge in [-0.1, -0.05) is 32.1 Å². The maximum Gasteiger partial charge on any atom is 0.0244 e. The first kappa shape index (κ1) is 13.9. The molecule has 0 radical (unpaired) electrons. The minimum absolute atomic E-state index is 0.420.